The number of aryl methyl sites for hydroxylation is 1. The summed E-state index contributed by atoms with van der Waals surface area (Å²) in [6.45, 7) is 6.02. The Morgan fingerprint density at radius 3 is 3.12 bits per heavy atom. The molecule has 0 spiro atoms. The number of rotatable bonds is 6. The highest BCUT2D eigenvalue weighted by Crippen LogP contribution is 2.20. The van der Waals surface area contributed by atoms with E-state index >= 15 is 0 Å². The van der Waals surface area contributed by atoms with Gasteiger partial charge in [-0.3, -0.25) is 19.6 Å². The second kappa shape index (κ2) is 7.91. The summed E-state index contributed by atoms with van der Waals surface area (Å²) in [4.78, 5) is 19.4. The molecule has 0 saturated carbocycles. The van der Waals surface area contributed by atoms with E-state index in [4.69, 9.17) is 9.84 Å². The molecule has 25 heavy (non-hydrogen) atoms. The zero-order valence-electron chi connectivity index (χ0n) is 14.8. The number of nitrogens with zero attached hydrogens (tertiary/aromatic N) is 3. The molecule has 1 unspecified atom stereocenters. The first-order valence-corrected chi connectivity index (χ1v) is 8.60. The van der Waals surface area contributed by atoms with Crippen molar-refractivity contribution in [2.45, 2.75) is 19.6 Å². The van der Waals surface area contributed by atoms with Gasteiger partial charge in [0.15, 0.2) is 0 Å². The molecule has 0 bridgehead atoms. The summed E-state index contributed by atoms with van der Waals surface area (Å²) in [7, 11) is 1.82. The van der Waals surface area contributed by atoms with Crippen LogP contribution in [0.25, 0.3) is 10.9 Å². The smallest absolute Gasteiger partial charge is 0.317 e. The molecule has 1 fully saturated rings. The van der Waals surface area contributed by atoms with Crippen LogP contribution >= 0.6 is 0 Å². The van der Waals surface area contributed by atoms with Gasteiger partial charge in [0.2, 0.25) is 0 Å². The summed E-state index contributed by atoms with van der Waals surface area (Å²) >= 11 is 0. The van der Waals surface area contributed by atoms with Crippen LogP contribution in [0.3, 0.4) is 0 Å². The summed E-state index contributed by atoms with van der Waals surface area (Å²) in [6, 6.07) is 8.48. The van der Waals surface area contributed by atoms with Crippen LogP contribution in [0.2, 0.25) is 0 Å². The number of hydrogen-bond donors (Lipinski definition) is 1. The van der Waals surface area contributed by atoms with E-state index in [0.29, 0.717) is 13.2 Å². The second-order valence-electron chi connectivity index (χ2n) is 6.81. The van der Waals surface area contributed by atoms with Gasteiger partial charge >= 0.3 is 5.97 Å². The van der Waals surface area contributed by atoms with E-state index in [1.165, 1.54) is 16.5 Å². The summed E-state index contributed by atoms with van der Waals surface area (Å²) in [5.41, 5.74) is 3.53. The van der Waals surface area contributed by atoms with Gasteiger partial charge in [-0.05, 0) is 37.2 Å². The zero-order chi connectivity index (χ0) is 17.8. The van der Waals surface area contributed by atoms with Crippen molar-refractivity contribution < 1.29 is 14.6 Å². The van der Waals surface area contributed by atoms with Gasteiger partial charge in [-0.2, -0.15) is 0 Å². The minimum absolute atomic E-state index is 0.0384. The molecule has 1 N–H and O–H groups in total. The molecule has 1 aliphatic heterocycles. The minimum Gasteiger partial charge on any atom is -0.480 e. The number of aromatic nitrogens is 1. The van der Waals surface area contributed by atoms with Gasteiger partial charge in [0.1, 0.15) is 0 Å². The van der Waals surface area contributed by atoms with Gasteiger partial charge in [-0.15, -0.1) is 0 Å². The molecule has 6 heteroatoms. The molecular formula is C19H25N3O3. The van der Waals surface area contributed by atoms with E-state index in [1.807, 2.05) is 19.3 Å². The topological polar surface area (TPSA) is 65.9 Å². The number of fused-ring (bicyclic) bond motifs is 1. The van der Waals surface area contributed by atoms with Crippen LogP contribution in [0.1, 0.15) is 11.1 Å². The van der Waals surface area contributed by atoms with Gasteiger partial charge in [0.25, 0.3) is 0 Å². The van der Waals surface area contributed by atoms with E-state index in [1.54, 1.807) is 4.90 Å². The normalized spacial score (nSPS) is 18.8. The first kappa shape index (κ1) is 17.8. The van der Waals surface area contributed by atoms with Crippen molar-refractivity contribution in [1.29, 1.82) is 0 Å². The van der Waals surface area contributed by atoms with E-state index in [0.717, 1.165) is 25.2 Å². The van der Waals surface area contributed by atoms with Crippen molar-refractivity contribution in [3.05, 3.63) is 41.6 Å². The number of ether oxygens (including phenoxy) is 1. The van der Waals surface area contributed by atoms with Crippen molar-refractivity contribution in [1.82, 2.24) is 14.8 Å². The van der Waals surface area contributed by atoms with Gasteiger partial charge < -0.3 is 9.84 Å². The number of benzene rings is 1. The van der Waals surface area contributed by atoms with Crippen LogP contribution < -0.4 is 0 Å². The summed E-state index contributed by atoms with van der Waals surface area (Å²) in [5, 5.41) is 10.0. The molecule has 2 aromatic rings. The van der Waals surface area contributed by atoms with Crippen molar-refractivity contribution >= 4 is 16.9 Å². The fourth-order valence-corrected chi connectivity index (χ4v) is 3.48. The van der Waals surface area contributed by atoms with Gasteiger partial charge in [-0.1, -0.05) is 12.1 Å². The maximum absolute atomic E-state index is 10.8. The second-order valence-corrected chi connectivity index (χ2v) is 6.81. The number of carboxylic acids is 1. The highest BCUT2D eigenvalue weighted by atomic mass is 16.5. The number of likely N-dealkylation sites (N-methyl/N-ethyl adjacent to an activating group) is 1. The number of pyridine rings is 1. The molecule has 134 valence electrons. The predicted octanol–water partition coefficient (Wildman–Crippen LogP) is 1.76. The maximum Gasteiger partial charge on any atom is 0.317 e. The Hall–Kier alpha value is -2.02. The molecule has 1 aliphatic rings. The molecule has 2 heterocycles. The molecule has 1 atom stereocenters. The van der Waals surface area contributed by atoms with Crippen molar-refractivity contribution in [3.8, 4) is 0 Å². The van der Waals surface area contributed by atoms with Crippen molar-refractivity contribution in [3.63, 3.8) is 0 Å². The fourth-order valence-electron chi connectivity index (χ4n) is 3.48. The Morgan fingerprint density at radius 2 is 2.32 bits per heavy atom. The molecule has 6 nitrogen and oxygen atoms in total. The molecule has 0 aliphatic carbocycles. The van der Waals surface area contributed by atoms with E-state index in [9.17, 15) is 4.79 Å². The first-order chi connectivity index (χ1) is 12.0. The Balaban J connectivity index is 1.63. The van der Waals surface area contributed by atoms with Gasteiger partial charge in [0, 0.05) is 37.8 Å². The van der Waals surface area contributed by atoms with Crippen LogP contribution in [-0.4, -0.2) is 71.8 Å². The average molecular weight is 343 g/mol. The SMILES string of the molecule is Cc1cc(CN2CCOC(CN(C)CC(=O)O)C2)cc2cccnc12. The zero-order valence-corrected chi connectivity index (χ0v) is 14.8. The molecule has 1 saturated heterocycles. The Morgan fingerprint density at radius 1 is 1.48 bits per heavy atom. The van der Waals surface area contributed by atoms with Crippen LogP contribution in [0.4, 0.5) is 0 Å². The summed E-state index contributed by atoms with van der Waals surface area (Å²) in [5.74, 6) is -0.810. The largest absolute Gasteiger partial charge is 0.480 e. The predicted molar refractivity (Wildman–Crippen MR) is 96.6 cm³/mol. The average Bonchev–Trinajstić information content (AvgIpc) is 2.54. The third-order valence-electron chi connectivity index (χ3n) is 4.50. The number of hydrogen-bond acceptors (Lipinski definition) is 5. The van der Waals surface area contributed by atoms with Gasteiger partial charge in [-0.25, -0.2) is 0 Å². The Kier molecular flexibility index (Phi) is 5.63. The fraction of sp³-hybridized carbons (Fsp3) is 0.474. The standard InChI is InChI=1S/C19H25N3O3/c1-14-8-15(9-16-4-3-5-20-19(14)16)10-22-6-7-25-17(12-22)11-21(2)13-18(23)24/h3-5,8-9,17H,6-7,10-13H2,1-2H3,(H,23,24). The third-order valence-corrected chi connectivity index (χ3v) is 4.50. The lowest BCUT2D eigenvalue weighted by molar-refractivity contribution is -0.138. The van der Waals surface area contributed by atoms with E-state index < -0.39 is 5.97 Å². The molecule has 1 aromatic carbocycles. The van der Waals surface area contributed by atoms with Crippen molar-refractivity contribution in [2.75, 3.05) is 39.8 Å². The van der Waals surface area contributed by atoms with E-state index in [-0.39, 0.29) is 12.6 Å². The van der Waals surface area contributed by atoms with Crippen LogP contribution in [0.15, 0.2) is 30.5 Å². The maximum atomic E-state index is 10.8. The van der Waals surface area contributed by atoms with Gasteiger partial charge in [0.05, 0.1) is 24.8 Å². The lowest BCUT2D eigenvalue weighted by Crippen LogP contribution is -2.47. The monoisotopic (exact) mass is 343 g/mol. The van der Waals surface area contributed by atoms with Crippen LogP contribution in [0.5, 0.6) is 0 Å². The van der Waals surface area contributed by atoms with Crippen LogP contribution in [-0.2, 0) is 16.1 Å². The number of carboxylic acid groups (broad SMARTS) is 1. The third kappa shape index (κ3) is 4.75. The quantitative estimate of drug-likeness (QED) is 0.862. The minimum atomic E-state index is -0.810. The number of carbonyl (C=O) groups is 1. The number of morpholine rings is 1. The Bertz CT molecular complexity index is 750. The molecule has 3 rings (SSSR count). The lowest BCUT2D eigenvalue weighted by atomic mass is 10.1. The van der Waals surface area contributed by atoms with E-state index in [2.05, 4.69) is 35.0 Å². The van der Waals surface area contributed by atoms with Crippen molar-refractivity contribution in [2.24, 2.45) is 0 Å². The summed E-state index contributed by atoms with van der Waals surface area (Å²) < 4.78 is 5.81. The highest BCUT2D eigenvalue weighted by Gasteiger charge is 2.22. The molecule has 0 radical (unpaired) electrons. The van der Waals surface area contributed by atoms with Crippen LogP contribution in [0, 0.1) is 6.92 Å². The lowest BCUT2D eigenvalue weighted by Gasteiger charge is -2.34. The highest BCUT2D eigenvalue weighted by molar-refractivity contribution is 5.82. The summed E-state index contributed by atoms with van der Waals surface area (Å²) in [6.07, 6.45) is 1.87. The Labute approximate surface area is 148 Å². The number of aliphatic carboxylic acids is 1. The first-order valence-electron chi connectivity index (χ1n) is 8.60. The molecular weight excluding hydrogens is 318 g/mol. The molecule has 1 aromatic heterocycles. The molecule has 0 amide bonds.